The van der Waals surface area contributed by atoms with Crippen LogP contribution in [0.3, 0.4) is 0 Å². The molecule has 9 nitrogen and oxygen atoms in total. The van der Waals surface area contributed by atoms with Crippen LogP contribution in [-0.4, -0.2) is 58.1 Å². The van der Waals surface area contributed by atoms with E-state index in [1.807, 2.05) is 13.0 Å². The lowest BCUT2D eigenvalue weighted by Gasteiger charge is -2.41. The highest BCUT2D eigenvalue weighted by Gasteiger charge is 2.26. The second-order valence-electron chi connectivity index (χ2n) is 8.59. The van der Waals surface area contributed by atoms with Gasteiger partial charge in [-0.05, 0) is 39.0 Å². The van der Waals surface area contributed by atoms with Crippen LogP contribution in [0.1, 0.15) is 35.6 Å². The van der Waals surface area contributed by atoms with Crippen molar-refractivity contribution in [2.24, 2.45) is 0 Å². The maximum Gasteiger partial charge on any atom is 0.328 e. The first-order valence-corrected chi connectivity index (χ1v) is 11.4. The van der Waals surface area contributed by atoms with Crippen molar-refractivity contribution in [2.75, 3.05) is 31.6 Å². The minimum atomic E-state index is -0.607. The van der Waals surface area contributed by atoms with Gasteiger partial charge in [0.05, 0.1) is 22.3 Å². The first-order chi connectivity index (χ1) is 16.2. The number of nitrogens with zero attached hydrogens (tertiary/aromatic N) is 4. The Bertz CT molecular complexity index is 1370. The van der Waals surface area contributed by atoms with Gasteiger partial charge in [0.25, 0.3) is 11.5 Å². The molecule has 0 aliphatic carbocycles. The number of pyridine rings is 1. The van der Waals surface area contributed by atoms with Crippen LogP contribution in [0.25, 0.3) is 10.9 Å². The third kappa shape index (κ3) is 4.21. The van der Waals surface area contributed by atoms with Crippen LogP contribution in [0, 0.1) is 12.7 Å². The Balaban J connectivity index is 1.53. The molecule has 1 aliphatic heterocycles. The highest BCUT2D eigenvalue weighted by atomic mass is 19.1. The average Bonchev–Trinajstić information content (AvgIpc) is 2.82. The van der Waals surface area contributed by atoms with Gasteiger partial charge in [-0.1, -0.05) is 6.07 Å². The summed E-state index contributed by atoms with van der Waals surface area (Å²) in [7, 11) is 1.57. The number of H-pyrrole nitrogens is 1. The van der Waals surface area contributed by atoms with Crippen LogP contribution < -0.4 is 21.5 Å². The molecule has 1 saturated heterocycles. The van der Waals surface area contributed by atoms with Crippen molar-refractivity contribution in [1.82, 2.24) is 24.8 Å². The van der Waals surface area contributed by atoms with Crippen molar-refractivity contribution in [3.63, 3.8) is 0 Å². The maximum atomic E-state index is 15.3. The van der Waals surface area contributed by atoms with Crippen LogP contribution in [0.4, 0.5) is 10.1 Å². The second-order valence-corrected chi connectivity index (χ2v) is 8.59. The first kappa shape index (κ1) is 23.6. The van der Waals surface area contributed by atoms with Crippen molar-refractivity contribution < 1.29 is 9.18 Å². The molecule has 1 amide bonds. The summed E-state index contributed by atoms with van der Waals surface area (Å²) in [5.74, 6) is -0.783. The molecule has 1 aromatic carbocycles. The average molecular weight is 469 g/mol. The Morgan fingerprint density at radius 2 is 2.00 bits per heavy atom. The zero-order chi connectivity index (χ0) is 24.6. The van der Waals surface area contributed by atoms with Gasteiger partial charge < -0.3 is 15.2 Å². The number of nitrogens with one attached hydrogen (secondary N) is 2. The number of hydrogen-bond acceptors (Lipinski definition) is 6. The van der Waals surface area contributed by atoms with Crippen molar-refractivity contribution in [3.05, 3.63) is 67.9 Å². The SMILES string of the molecule is CCn1c(=O)[nH]c2c(F)c(CN3CCN(c4ccc(C(=O)NC)nc4C)CC3C)ccc2c1=O. The van der Waals surface area contributed by atoms with E-state index >= 15 is 4.39 Å². The smallest absolute Gasteiger partial charge is 0.328 e. The minimum Gasteiger partial charge on any atom is -0.367 e. The van der Waals surface area contributed by atoms with Crippen LogP contribution in [0.15, 0.2) is 33.9 Å². The largest absolute Gasteiger partial charge is 0.367 e. The van der Waals surface area contributed by atoms with E-state index < -0.39 is 17.1 Å². The Hall–Kier alpha value is -3.53. The molecule has 0 radical (unpaired) electrons. The zero-order valence-electron chi connectivity index (χ0n) is 19.8. The van der Waals surface area contributed by atoms with E-state index in [0.29, 0.717) is 24.3 Å². The van der Waals surface area contributed by atoms with Crippen LogP contribution in [0.5, 0.6) is 0 Å². The molecule has 10 heteroatoms. The van der Waals surface area contributed by atoms with Gasteiger partial charge >= 0.3 is 5.69 Å². The Labute approximate surface area is 196 Å². The number of rotatable bonds is 5. The van der Waals surface area contributed by atoms with Gasteiger partial charge in [-0.2, -0.15) is 0 Å². The molecule has 3 aromatic rings. The molecule has 1 atom stereocenters. The molecule has 1 fully saturated rings. The van der Waals surface area contributed by atoms with E-state index in [9.17, 15) is 14.4 Å². The topological polar surface area (TPSA) is 103 Å². The van der Waals surface area contributed by atoms with Crippen LogP contribution in [0.2, 0.25) is 0 Å². The Morgan fingerprint density at radius 1 is 1.24 bits per heavy atom. The molecular weight excluding hydrogens is 439 g/mol. The predicted molar refractivity (Wildman–Crippen MR) is 129 cm³/mol. The molecule has 0 spiro atoms. The number of carbonyl (C=O) groups is 1. The number of amides is 1. The molecule has 1 aliphatic rings. The van der Waals surface area contributed by atoms with Crippen molar-refractivity contribution in [2.45, 2.75) is 39.9 Å². The minimum absolute atomic E-state index is 0.0404. The third-order valence-electron chi connectivity index (χ3n) is 6.49. The third-order valence-corrected chi connectivity index (χ3v) is 6.49. The Kier molecular flexibility index (Phi) is 6.52. The summed E-state index contributed by atoms with van der Waals surface area (Å²) in [6.07, 6.45) is 0. The summed E-state index contributed by atoms with van der Waals surface area (Å²) in [5, 5.41) is 2.75. The molecule has 180 valence electrons. The normalized spacial score (nSPS) is 16.7. The van der Waals surface area contributed by atoms with Crippen LogP contribution >= 0.6 is 0 Å². The fraction of sp³-hybridized carbons (Fsp3) is 0.417. The standard InChI is InChI=1S/C24H29FN6O3/c1-5-31-23(33)17-7-6-16(20(25)21(17)28-24(31)34)13-29-10-11-30(12-14(29)2)19-9-8-18(22(32)26-4)27-15(19)3/h6-9,14H,5,10-13H2,1-4H3,(H,26,32)(H,28,34). The Morgan fingerprint density at radius 3 is 2.65 bits per heavy atom. The molecule has 1 unspecified atom stereocenters. The number of aromatic amines is 1. The summed E-state index contributed by atoms with van der Waals surface area (Å²) in [5.41, 5.74) is 1.44. The molecule has 4 rings (SSSR count). The number of halogens is 1. The molecule has 34 heavy (non-hydrogen) atoms. The monoisotopic (exact) mass is 468 g/mol. The summed E-state index contributed by atoms with van der Waals surface area (Å²) >= 11 is 0. The number of hydrogen-bond donors (Lipinski definition) is 2. The highest BCUT2D eigenvalue weighted by molar-refractivity contribution is 5.92. The van der Waals surface area contributed by atoms with Crippen molar-refractivity contribution in [1.29, 1.82) is 0 Å². The van der Waals surface area contributed by atoms with Gasteiger partial charge in [0.1, 0.15) is 5.69 Å². The lowest BCUT2D eigenvalue weighted by atomic mass is 10.1. The van der Waals surface area contributed by atoms with Gasteiger partial charge in [-0.3, -0.25) is 19.1 Å². The van der Waals surface area contributed by atoms with Gasteiger partial charge in [-0.25, -0.2) is 14.2 Å². The predicted octanol–water partition coefficient (Wildman–Crippen LogP) is 1.62. The quantitative estimate of drug-likeness (QED) is 0.590. The van der Waals surface area contributed by atoms with E-state index in [2.05, 4.69) is 32.0 Å². The molecular formula is C24H29FN6O3. The van der Waals surface area contributed by atoms with Crippen LogP contribution in [-0.2, 0) is 13.1 Å². The fourth-order valence-corrected chi connectivity index (χ4v) is 4.55. The van der Waals surface area contributed by atoms with E-state index in [-0.39, 0.29) is 29.4 Å². The van der Waals surface area contributed by atoms with Gasteiger partial charge in [0.15, 0.2) is 5.82 Å². The summed E-state index contributed by atoms with van der Waals surface area (Å²) in [6, 6.07) is 6.96. The first-order valence-electron chi connectivity index (χ1n) is 11.4. The number of aromatic nitrogens is 3. The molecule has 2 N–H and O–H groups in total. The lowest BCUT2D eigenvalue weighted by molar-refractivity contribution is 0.0958. The number of carbonyl (C=O) groups excluding carboxylic acids is 1. The molecule has 0 bridgehead atoms. The highest BCUT2D eigenvalue weighted by Crippen LogP contribution is 2.25. The maximum absolute atomic E-state index is 15.3. The second kappa shape index (κ2) is 9.38. The molecule has 3 heterocycles. The van der Waals surface area contributed by atoms with Crippen molar-refractivity contribution >= 4 is 22.5 Å². The number of fused-ring (bicyclic) bond motifs is 1. The number of piperazine rings is 1. The van der Waals surface area contributed by atoms with E-state index in [0.717, 1.165) is 29.0 Å². The molecule has 0 saturated carbocycles. The van der Waals surface area contributed by atoms with Gasteiger partial charge in [0.2, 0.25) is 0 Å². The summed E-state index contributed by atoms with van der Waals surface area (Å²) in [6.45, 7) is 8.38. The number of benzene rings is 1. The van der Waals surface area contributed by atoms with E-state index in [1.165, 1.54) is 0 Å². The zero-order valence-corrected chi connectivity index (χ0v) is 19.8. The van der Waals surface area contributed by atoms with E-state index in [4.69, 9.17) is 0 Å². The van der Waals surface area contributed by atoms with Gasteiger partial charge in [-0.15, -0.1) is 0 Å². The van der Waals surface area contributed by atoms with Crippen molar-refractivity contribution in [3.8, 4) is 0 Å². The summed E-state index contributed by atoms with van der Waals surface area (Å²) in [4.78, 5) is 47.8. The van der Waals surface area contributed by atoms with Gasteiger partial charge in [0, 0.05) is 51.4 Å². The lowest BCUT2D eigenvalue weighted by Crippen LogP contribution is -2.51. The number of aryl methyl sites for hydroxylation is 1. The fourth-order valence-electron chi connectivity index (χ4n) is 4.55. The molecule has 2 aromatic heterocycles. The number of anilines is 1. The van der Waals surface area contributed by atoms with E-state index in [1.54, 1.807) is 32.2 Å². The summed E-state index contributed by atoms with van der Waals surface area (Å²) < 4.78 is 16.3.